The van der Waals surface area contributed by atoms with Crippen LogP contribution in [0, 0.1) is 11.7 Å². The molecule has 21 heavy (non-hydrogen) atoms. The first-order chi connectivity index (χ1) is 9.82. The summed E-state index contributed by atoms with van der Waals surface area (Å²) in [5.74, 6) is -2.81. The smallest absolute Gasteiger partial charge is 0.393 e. The van der Waals surface area contributed by atoms with Crippen molar-refractivity contribution in [3.8, 4) is 5.75 Å². The molecule has 1 unspecified atom stereocenters. The van der Waals surface area contributed by atoms with Crippen molar-refractivity contribution in [3.05, 3.63) is 29.6 Å². The van der Waals surface area contributed by atoms with Crippen molar-refractivity contribution < 1.29 is 27.1 Å². The molecule has 0 bridgehead atoms. The van der Waals surface area contributed by atoms with Gasteiger partial charge in [-0.05, 0) is 25.0 Å². The van der Waals surface area contributed by atoms with Crippen LogP contribution >= 0.6 is 0 Å². The van der Waals surface area contributed by atoms with Gasteiger partial charge in [-0.15, -0.1) is 0 Å². The highest BCUT2D eigenvalue weighted by atomic mass is 19.4. The Morgan fingerprint density at radius 3 is 2.67 bits per heavy atom. The van der Waals surface area contributed by atoms with Crippen molar-refractivity contribution in [1.29, 1.82) is 0 Å². The predicted molar refractivity (Wildman–Crippen MR) is 67.6 cm³/mol. The molecular weight excluding hydrogens is 290 g/mol. The number of amides is 1. The first kappa shape index (κ1) is 15.6. The summed E-state index contributed by atoms with van der Waals surface area (Å²) in [4.78, 5) is 13.2. The van der Waals surface area contributed by atoms with E-state index in [1.54, 1.807) is 0 Å². The molecule has 0 aliphatic carbocycles. The van der Waals surface area contributed by atoms with Gasteiger partial charge in [0.2, 0.25) is 0 Å². The molecule has 1 amide bonds. The molecule has 1 aliphatic rings. The number of hydrogen-bond acceptors (Lipinski definition) is 2. The maximum atomic E-state index is 13.8. The number of carbonyl (C=O) groups excluding carboxylic acids is 1. The van der Waals surface area contributed by atoms with Crippen molar-refractivity contribution in [1.82, 2.24) is 4.90 Å². The van der Waals surface area contributed by atoms with Gasteiger partial charge in [-0.2, -0.15) is 13.2 Å². The van der Waals surface area contributed by atoms with Crippen molar-refractivity contribution >= 4 is 5.91 Å². The van der Waals surface area contributed by atoms with Crippen LogP contribution in [0.1, 0.15) is 23.2 Å². The zero-order valence-corrected chi connectivity index (χ0v) is 11.4. The van der Waals surface area contributed by atoms with Crippen LogP contribution in [0.5, 0.6) is 5.75 Å². The lowest BCUT2D eigenvalue weighted by Crippen LogP contribution is -2.44. The minimum atomic E-state index is -4.34. The molecule has 1 heterocycles. The molecule has 2 rings (SSSR count). The molecule has 116 valence electrons. The Balaban J connectivity index is 2.16. The summed E-state index contributed by atoms with van der Waals surface area (Å²) in [5, 5.41) is 0. The number of benzene rings is 1. The Bertz CT molecular complexity index is 530. The molecule has 1 aliphatic heterocycles. The summed E-state index contributed by atoms with van der Waals surface area (Å²) in [5.41, 5.74) is -0.237. The lowest BCUT2D eigenvalue weighted by Gasteiger charge is -2.33. The normalized spacial score (nSPS) is 19.5. The van der Waals surface area contributed by atoms with E-state index < -0.39 is 30.4 Å². The highest BCUT2D eigenvalue weighted by Gasteiger charge is 2.42. The van der Waals surface area contributed by atoms with Gasteiger partial charge in [-0.3, -0.25) is 4.79 Å². The lowest BCUT2D eigenvalue weighted by atomic mass is 9.97. The average molecular weight is 305 g/mol. The number of nitrogens with zero attached hydrogens (tertiary/aromatic N) is 1. The Hall–Kier alpha value is -1.79. The first-order valence-corrected chi connectivity index (χ1v) is 6.52. The van der Waals surface area contributed by atoms with E-state index in [4.69, 9.17) is 4.74 Å². The van der Waals surface area contributed by atoms with E-state index in [1.807, 2.05) is 0 Å². The molecule has 0 spiro atoms. The summed E-state index contributed by atoms with van der Waals surface area (Å²) in [6.45, 7) is -0.218. The number of ether oxygens (including phenoxy) is 1. The highest BCUT2D eigenvalue weighted by molar-refractivity contribution is 5.94. The van der Waals surface area contributed by atoms with E-state index in [0.29, 0.717) is 0 Å². The third-order valence-electron chi connectivity index (χ3n) is 3.58. The Labute approximate surface area is 119 Å². The maximum Gasteiger partial charge on any atom is 0.393 e. The van der Waals surface area contributed by atoms with Gasteiger partial charge in [0.1, 0.15) is 11.6 Å². The van der Waals surface area contributed by atoms with Gasteiger partial charge in [0, 0.05) is 19.2 Å². The van der Waals surface area contributed by atoms with Crippen LogP contribution in [0.4, 0.5) is 17.6 Å². The minimum Gasteiger partial charge on any atom is -0.497 e. The zero-order chi connectivity index (χ0) is 15.6. The van der Waals surface area contributed by atoms with Crippen molar-refractivity contribution in [2.45, 2.75) is 19.0 Å². The van der Waals surface area contributed by atoms with Crippen LogP contribution in [0.2, 0.25) is 0 Å². The molecule has 1 fully saturated rings. The number of hydrogen-bond donors (Lipinski definition) is 0. The van der Waals surface area contributed by atoms with Crippen LogP contribution in [-0.2, 0) is 0 Å². The fraction of sp³-hybridized carbons (Fsp3) is 0.500. The molecule has 1 atom stereocenters. The van der Waals surface area contributed by atoms with E-state index in [9.17, 15) is 22.4 Å². The number of piperidine rings is 1. The fourth-order valence-electron chi connectivity index (χ4n) is 2.40. The molecule has 1 aromatic carbocycles. The number of methoxy groups -OCH3 is 1. The van der Waals surface area contributed by atoms with Gasteiger partial charge in [0.05, 0.1) is 18.6 Å². The Kier molecular flexibility index (Phi) is 4.39. The summed E-state index contributed by atoms with van der Waals surface area (Å²) >= 11 is 0. The average Bonchev–Trinajstić information content (AvgIpc) is 2.45. The standard InChI is InChI=1S/C14H15F4NO2/c1-21-10-4-5-11(12(15)7-10)13(20)19-6-2-3-9(8-19)14(16,17)18/h4-5,7,9H,2-3,6,8H2,1H3. The van der Waals surface area contributed by atoms with Crippen LogP contribution in [-0.4, -0.2) is 37.2 Å². The Morgan fingerprint density at radius 2 is 2.10 bits per heavy atom. The van der Waals surface area contributed by atoms with Gasteiger partial charge in [-0.1, -0.05) is 0 Å². The molecular formula is C14H15F4NO2. The second kappa shape index (κ2) is 5.91. The molecule has 0 saturated carbocycles. The predicted octanol–water partition coefficient (Wildman–Crippen LogP) is 3.25. The van der Waals surface area contributed by atoms with Gasteiger partial charge in [-0.25, -0.2) is 4.39 Å². The maximum absolute atomic E-state index is 13.8. The van der Waals surface area contributed by atoms with Gasteiger partial charge < -0.3 is 9.64 Å². The number of alkyl halides is 3. The number of likely N-dealkylation sites (tertiary alicyclic amines) is 1. The second-order valence-electron chi connectivity index (χ2n) is 4.98. The van der Waals surface area contributed by atoms with E-state index in [-0.39, 0.29) is 30.7 Å². The molecule has 0 radical (unpaired) electrons. The summed E-state index contributed by atoms with van der Waals surface area (Å²) < 4.78 is 56.8. The Morgan fingerprint density at radius 1 is 1.38 bits per heavy atom. The van der Waals surface area contributed by atoms with Gasteiger partial charge in [0.25, 0.3) is 5.91 Å². The van der Waals surface area contributed by atoms with Crippen molar-refractivity contribution in [2.24, 2.45) is 5.92 Å². The molecule has 0 N–H and O–H groups in total. The van der Waals surface area contributed by atoms with Crippen LogP contribution in [0.15, 0.2) is 18.2 Å². The quantitative estimate of drug-likeness (QED) is 0.785. The van der Waals surface area contributed by atoms with Crippen LogP contribution < -0.4 is 4.74 Å². The van der Waals surface area contributed by atoms with Crippen molar-refractivity contribution in [2.75, 3.05) is 20.2 Å². The van der Waals surface area contributed by atoms with Gasteiger partial charge in [0.15, 0.2) is 0 Å². The van der Waals surface area contributed by atoms with E-state index >= 15 is 0 Å². The van der Waals surface area contributed by atoms with Crippen molar-refractivity contribution in [3.63, 3.8) is 0 Å². The van der Waals surface area contributed by atoms with E-state index in [0.717, 1.165) is 11.0 Å². The number of rotatable bonds is 2. The molecule has 1 saturated heterocycles. The van der Waals surface area contributed by atoms with Crippen LogP contribution in [0.3, 0.4) is 0 Å². The van der Waals surface area contributed by atoms with E-state index in [1.165, 1.54) is 19.2 Å². The summed E-state index contributed by atoms with van der Waals surface area (Å²) in [6.07, 6.45) is -4.08. The second-order valence-corrected chi connectivity index (χ2v) is 4.98. The molecule has 0 aromatic heterocycles. The monoisotopic (exact) mass is 305 g/mol. The summed E-state index contributed by atoms with van der Waals surface area (Å²) in [6, 6.07) is 3.67. The topological polar surface area (TPSA) is 29.5 Å². The lowest BCUT2D eigenvalue weighted by molar-refractivity contribution is -0.184. The molecule has 7 heteroatoms. The third kappa shape index (κ3) is 3.46. The highest BCUT2D eigenvalue weighted by Crippen LogP contribution is 2.33. The first-order valence-electron chi connectivity index (χ1n) is 6.52. The van der Waals surface area contributed by atoms with Gasteiger partial charge >= 0.3 is 6.18 Å². The zero-order valence-electron chi connectivity index (χ0n) is 11.4. The SMILES string of the molecule is COc1ccc(C(=O)N2CCCC(C(F)(F)F)C2)c(F)c1. The minimum absolute atomic E-state index is 0.00161. The number of carbonyl (C=O) groups is 1. The van der Waals surface area contributed by atoms with E-state index in [2.05, 4.69) is 0 Å². The number of halogens is 4. The van der Waals surface area contributed by atoms with Crippen LogP contribution in [0.25, 0.3) is 0 Å². The summed E-state index contributed by atoms with van der Waals surface area (Å²) in [7, 11) is 1.36. The molecule has 3 nitrogen and oxygen atoms in total. The molecule has 1 aromatic rings. The fourth-order valence-corrected chi connectivity index (χ4v) is 2.40. The largest absolute Gasteiger partial charge is 0.497 e. The third-order valence-corrected chi connectivity index (χ3v) is 3.58.